The summed E-state index contributed by atoms with van der Waals surface area (Å²) in [4.78, 5) is 15.7. The van der Waals surface area contributed by atoms with E-state index in [0.717, 1.165) is 39.1 Å². The van der Waals surface area contributed by atoms with Crippen LogP contribution in [0, 0.1) is 0 Å². The van der Waals surface area contributed by atoms with E-state index in [1.54, 1.807) is 0 Å². The topological polar surface area (TPSA) is 49.6 Å². The van der Waals surface area contributed by atoms with Crippen molar-refractivity contribution in [2.75, 3.05) is 32.7 Å². The summed E-state index contributed by atoms with van der Waals surface area (Å²) in [5.41, 5.74) is 5.35. The number of nitrogens with zero attached hydrogens (tertiary/aromatic N) is 2. The lowest BCUT2D eigenvalue weighted by molar-refractivity contribution is -0.124. The highest BCUT2D eigenvalue weighted by molar-refractivity contribution is 5.79. The highest BCUT2D eigenvalue weighted by Crippen LogP contribution is 2.08. The highest BCUT2D eigenvalue weighted by Gasteiger charge is 2.25. The Morgan fingerprint density at radius 3 is 2.21 bits per heavy atom. The SMILES string of the molecule is CCC(C(N)=O)N1CCN(CC)CC1. The zero-order chi connectivity index (χ0) is 10.6. The van der Waals surface area contributed by atoms with Gasteiger partial charge in [-0.3, -0.25) is 9.69 Å². The number of likely N-dealkylation sites (N-methyl/N-ethyl adjacent to an activating group) is 1. The quantitative estimate of drug-likeness (QED) is 0.687. The Hall–Kier alpha value is -0.610. The summed E-state index contributed by atoms with van der Waals surface area (Å²) in [6.45, 7) is 9.33. The molecule has 1 aliphatic rings. The second kappa shape index (κ2) is 5.32. The Balaban J connectivity index is 2.43. The average Bonchev–Trinajstić information content (AvgIpc) is 2.19. The normalized spacial score (nSPS) is 22.1. The number of hydrogen-bond acceptors (Lipinski definition) is 3. The second-order valence-corrected chi connectivity index (χ2v) is 3.80. The van der Waals surface area contributed by atoms with Crippen molar-refractivity contribution in [3.63, 3.8) is 0 Å². The first kappa shape index (κ1) is 11.5. The van der Waals surface area contributed by atoms with Crippen molar-refractivity contribution in [1.29, 1.82) is 0 Å². The number of piperazine rings is 1. The Morgan fingerprint density at radius 2 is 1.86 bits per heavy atom. The third kappa shape index (κ3) is 2.69. The van der Waals surface area contributed by atoms with Gasteiger partial charge >= 0.3 is 0 Å². The number of hydrogen-bond donors (Lipinski definition) is 1. The predicted molar refractivity (Wildman–Crippen MR) is 57.0 cm³/mol. The maximum Gasteiger partial charge on any atom is 0.234 e. The second-order valence-electron chi connectivity index (χ2n) is 3.80. The average molecular weight is 199 g/mol. The van der Waals surface area contributed by atoms with Crippen molar-refractivity contribution < 1.29 is 4.79 Å². The van der Waals surface area contributed by atoms with E-state index in [1.807, 2.05) is 6.92 Å². The van der Waals surface area contributed by atoms with Gasteiger partial charge in [-0.1, -0.05) is 13.8 Å². The monoisotopic (exact) mass is 199 g/mol. The Labute approximate surface area is 86.0 Å². The molecule has 1 rings (SSSR count). The molecule has 1 fully saturated rings. The molecule has 0 aromatic rings. The van der Waals surface area contributed by atoms with E-state index >= 15 is 0 Å². The first-order valence-electron chi connectivity index (χ1n) is 5.44. The van der Waals surface area contributed by atoms with Gasteiger partial charge in [0.1, 0.15) is 0 Å². The van der Waals surface area contributed by atoms with E-state index < -0.39 is 0 Å². The van der Waals surface area contributed by atoms with Gasteiger partial charge < -0.3 is 10.6 Å². The molecule has 1 atom stereocenters. The van der Waals surface area contributed by atoms with Crippen LogP contribution in [0.1, 0.15) is 20.3 Å². The van der Waals surface area contributed by atoms with Crippen LogP contribution in [0.5, 0.6) is 0 Å². The van der Waals surface area contributed by atoms with E-state index in [4.69, 9.17) is 5.73 Å². The molecular formula is C10H21N3O. The van der Waals surface area contributed by atoms with Gasteiger partial charge in [0.05, 0.1) is 6.04 Å². The Bertz CT molecular complexity index is 188. The zero-order valence-corrected chi connectivity index (χ0v) is 9.20. The number of carbonyl (C=O) groups is 1. The van der Waals surface area contributed by atoms with E-state index in [1.165, 1.54) is 0 Å². The number of nitrogens with two attached hydrogens (primary N) is 1. The van der Waals surface area contributed by atoms with Crippen molar-refractivity contribution in [2.45, 2.75) is 26.3 Å². The number of primary amides is 1. The predicted octanol–water partition coefficient (Wildman–Crippen LogP) is -0.112. The summed E-state index contributed by atoms with van der Waals surface area (Å²) in [5, 5.41) is 0. The van der Waals surface area contributed by atoms with Crippen LogP contribution >= 0.6 is 0 Å². The van der Waals surface area contributed by atoms with Crippen LogP contribution < -0.4 is 5.73 Å². The first-order chi connectivity index (χ1) is 6.69. The minimum atomic E-state index is -0.183. The lowest BCUT2D eigenvalue weighted by Crippen LogP contribution is -2.53. The molecule has 1 aliphatic heterocycles. The van der Waals surface area contributed by atoms with Gasteiger partial charge in [-0.05, 0) is 13.0 Å². The molecule has 1 heterocycles. The molecule has 14 heavy (non-hydrogen) atoms. The number of amides is 1. The molecule has 1 unspecified atom stereocenters. The fourth-order valence-corrected chi connectivity index (χ4v) is 2.03. The summed E-state index contributed by atoms with van der Waals surface area (Å²) in [6.07, 6.45) is 0.821. The molecule has 0 radical (unpaired) electrons. The van der Waals surface area contributed by atoms with E-state index in [9.17, 15) is 4.79 Å². The standard InChI is InChI=1S/C10H21N3O/c1-3-9(10(11)14)13-7-5-12(4-2)6-8-13/h9H,3-8H2,1-2H3,(H2,11,14). The molecule has 2 N–H and O–H groups in total. The van der Waals surface area contributed by atoms with Gasteiger partial charge in [-0.15, -0.1) is 0 Å². The van der Waals surface area contributed by atoms with Crippen molar-refractivity contribution >= 4 is 5.91 Å². The number of rotatable bonds is 4. The summed E-state index contributed by atoms with van der Waals surface area (Å²) in [6, 6.07) is -0.0611. The van der Waals surface area contributed by atoms with Crippen molar-refractivity contribution in [1.82, 2.24) is 9.80 Å². The first-order valence-corrected chi connectivity index (χ1v) is 5.44. The molecule has 0 aromatic heterocycles. The van der Waals surface area contributed by atoms with Crippen LogP contribution in [0.3, 0.4) is 0 Å². The molecular weight excluding hydrogens is 178 g/mol. The summed E-state index contributed by atoms with van der Waals surface area (Å²) in [5.74, 6) is -0.183. The highest BCUT2D eigenvalue weighted by atomic mass is 16.1. The van der Waals surface area contributed by atoms with Gasteiger partial charge in [-0.25, -0.2) is 0 Å². The fraction of sp³-hybridized carbons (Fsp3) is 0.900. The van der Waals surface area contributed by atoms with E-state index in [0.29, 0.717) is 0 Å². The Morgan fingerprint density at radius 1 is 1.29 bits per heavy atom. The van der Waals surface area contributed by atoms with Gasteiger partial charge in [0.15, 0.2) is 0 Å². The van der Waals surface area contributed by atoms with Crippen LogP contribution in [0.4, 0.5) is 0 Å². The summed E-state index contributed by atoms with van der Waals surface area (Å²) >= 11 is 0. The molecule has 4 nitrogen and oxygen atoms in total. The summed E-state index contributed by atoms with van der Waals surface area (Å²) < 4.78 is 0. The third-order valence-corrected chi connectivity index (χ3v) is 3.01. The largest absolute Gasteiger partial charge is 0.368 e. The van der Waals surface area contributed by atoms with Crippen molar-refractivity contribution in [3.05, 3.63) is 0 Å². The third-order valence-electron chi connectivity index (χ3n) is 3.01. The van der Waals surface area contributed by atoms with Gasteiger partial charge in [-0.2, -0.15) is 0 Å². The van der Waals surface area contributed by atoms with Crippen LogP contribution in [0.2, 0.25) is 0 Å². The molecule has 0 saturated carbocycles. The van der Waals surface area contributed by atoms with Crippen LogP contribution in [-0.4, -0.2) is 54.5 Å². The maximum atomic E-state index is 11.1. The van der Waals surface area contributed by atoms with Gasteiger partial charge in [0.2, 0.25) is 5.91 Å². The molecule has 0 aliphatic carbocycles. The van der Waals surface area contributed by atoms with Crippen LogP contribution in [0.25, 0.3) is 0 Å². The van der Waals surface area contributed by atoms with E-state index in [2.05, 4.69) is 16.7 Å². The molecule has 0 bridgehead atoms. The lowest BCUT2D eigenvalue weighted by Gasteiger charge is -2.37. The molecule has 0 spiro atoms. The summed E-state index contributed by atoms with van der Waals surface area (Å²) in [7, 11) is 0. The van der Waals surface area contributed by atoms with E-state index in [-0.39, 0.29) is 11.9 Å². The van der Waals surface area contributed by atoms with Crippen molar-refractivity contribution in [3.8, 4) is 0 Å². The number of carbonyl (C=O) groups excluding carboxylic acids is 1. The minimum Gasteiger partial charge on any atom is -0.368 e. The lowest BCUT2D eigenvalue weighted by atomic mass is 10.1. The molecule has 82 valence electrons. The van der Waals surface area contributed by atoms with Gasteiger partial charge in [0, 0.05) is 26.2 Å². The minimum absolute atomic E-state index is 0.0611. The van der Waals surface area contributed by atoms with Crippen molar-refractivity contribution in [2.24, 2.45) is 5.73 Å². The van der Waals surface area contributed by atoms with Crippen LogP contribution in [0.15, 0.2) is 0 Å². The van der Waals surface area contributed by atoms with Gasteiger partial charge in [0.25, 0.3) is 0 Å². The smallest absolute Gasteiger partial charge is 0.234 e. The maximum absolute atomic E-state index is 11.1. The fourth-order valence-electron chi connectivity index (χ4n) is 2.03. The zero-order valence-electron chi connectivity index (χ0n) is 9.20. The van der Waals surface area contributed by atoms with Crippen LogP contribution in [-0.2, 0) is 4.79 Å². The Kier molecular flexibility index (Phi) is 4.35. The molecule has 1 saturated heterocycles. The molecule has 0 aromatic carbocycles. The molecule has 4 heteroatoms. The molecule has 1 amide bonds.